The molecule has 14 heteroatoms. The van der Waals surface area contributed by atoms with Crippen LogP contribution in [-0.4, -0.2) is 108 Å². The molecule has 0 spiro atoms. The predicted octanol–water partition coefficient (Wildman–Crippen LogP) is 7.31. The third-order valence-electron chi connectivity index (χ3n) is 7.79. The molecule has 0 atom stereocenters. The van der Waals surface area contributed by atoms with Crippen LogP contribution in [0.3, 0.4) is 0 Å². The van der Waals surface area contributed by atoms with Crippen LogP contribution >= 0.6 is 0 Å². The van der Waals surface area contributed by atoms with Gasteiger partial charge in [-0.15, -0.1) is 0 Å². The van der Waals surface area contributed by atoms with E-state index < -0.39 is 12.1 Å². The van der Waals surface area contributed by atoms with Crippen molar-refractivity contribution < 1.29 is 61.5 Å². The van der Waals surface area contributed by atoms with Gasteiger partial charge >= 0.3 is 31.6 Å². The van der Waals surface area contributed by atoms with Crippen molar-refractivity contribution in [3.8, 4) is 11.4 Å². The summed E-state index contributed by atoms with van der Waals surface area (Å²) in [4.78, 5) is 22.7. The van der Waals surface area contributed by atoms with E-state index in [1.54, 1.807) is 28.4 Å². The second-order valence-corrected chi connectivity index (χ2v) is 11.6. The number of nitrogens with zero attached hydrogens (tertiary/aromatic N) is 4. The van der Waals surface area contributed by atoms with E-state index >= 15 is 0 Å². The third-order valence-corrected chi connectivity index (χ3v) is 7.79. The Kier molecular flexibility index (Phi) is 21.0. The first-order chi connectivity index (χ1) is 25.6. The number of methoxy groups -OCH3 is 4. The molecular weight excluding hydrogens is 755 g/mol. The summed E-state index contributed by atoms with van der Waals surface area (Å²) < 4.78 is 52.8. The smallest absolute Gasteiger partial charge is 0.475 e. The summed E-state index contributed by atoms with van der Waals surface area (Å²) in [6, 6.07) is 25.2. The fraction of sp³-hybridized carbons (Fsp3) is 0.325. The molecule has 0 saturated heterocycles. The van der Waals surface area contributed by atoms with Crippen LogP contribution in [0.5, 0.6) is 0 Å². The van der Waals surface area contributed by atoms with Gasteiger partial charge in [0.2, 0.25) is 0 Å². The number of anilines is 2. The van der Waals surface area contributed by atoms with Gasteiger partial charge in [-0.25, -0.2) is 4.79 Å². The van der Waals surface area contributed by atoms with Gasteiger partial charge in [0.15, 0.2) is 0 Å². The van der Waals surface area contributed by atoms with E-state index in [0.717, 1.165) is 71.2 Å². The first-order valence-electron chi connectivity index (χ1n) is 16.8. The van der Waals surface area contributed by atoms with Crippen LogP contribution in [0.25, 0.3) is 35.7 Å². The first-order valence-corrected chi connectivity index (χ1v) is 16.8. The first kappa shape index (κ1) is 45.7. The summed E-state index contributed by atoms with van der Waals surface area (Å²) in [5.74, 6) is -2.76. The summed E-state index contributed by atoms with van der Waals surface area (Å²) in [7, 11) is 6.89. The molecule has 2 aromatic carbocycles. The predicted molar refractivity (Wildman–Crippen MR) is 204 cm³/mol. The normalized spacial score (nSPS) is 11.2. The summed E-state index contributed by atoms with van der Waals surface area (Å²) in [5.41, 5.74) is 8.29. The van der Waals surface area contributed by atoms with Crippen LogP contribution in [-0.2, 0) is 43.2 Å². The van der Waals surface area contributed by atoms with E-state index in [9.17, 15) is 13.2 Å². The van der Waals surface area contributed by atoms with Gasteiger partial charge in [-0.1, -0.05) is 60.7 Å². The molecule has 4 rings (SSSR count). The summed E-state index contributed by atoms with van der Waals surface area (Å²) in [5, 5.41) is 7.12. The maximum Gasteiger partial charge on any atom is 2.00 e. The number of carboxylic acids is 1. The van der Waals surface area contributed by atoms with Gasteiger partial charge in [0.1, 0.15) is 0 Å². The molecule has 0 unspecified atom stereocenters. The quantitative estimate of drug-likeness (QED) is 0.0971. The van der Waals surface area contributed by atoms with Gasteiger partial charge < -0.3 is 33.9 Å². The number of alkyl halides is 3. The molecule has 0 amide bonds. The molecule has 10 nitrogen and oxygen atoms in total. The van der Waals surface area contributed by atoms with E-state index in [-0.39, 0.29) is 19.5 Å². The molecule has 0 bridgehead atoms. The van der Waals surface area contributed by atoms with Gasteiger partial charge in [-0.2, -0.15) is 13.2 Å². The average molecular weight is 802 g/mol. The topological polar surface area (TPSA) is 106 Å². The zero-order valence-corrected chi connectivity index (χ0v) is 34.1. The van der Waals surface area contributed by atoms with Crippen molar-refractivity contribution >= 4 is 41.6 Å². The molecule has 284 valence electrons. The number of carbonyl (C=O) groups is 1. The van der Waals surface area contributed by atoms with Crippen LogP contribution in [0, 0.1) is 0 Å². The molecular formula is C40H47F3N4O6Zn+2. The zero-order chi connectivity index (χ0) is 38.5. The van der Waals surface area contributed by atoms with E-state index in [0.29, 0.717) is 26.4 Å². The number of hydrogen-bond donors (Lipinski definition) is 1. The Labute approximate surface area is 328 Å². The molecule has 0 aliphatic rings. The van der Waals surface area contributed by atoms with Crippen molar-refractivity contribution in [1.29, 1.82) is 0 Å². The molecule has 2 aromatic heterocycles. The zero-order valence-electron chi connectivity index (χ0n) is 31.2. The maximum atomic E-state index is 10.6. The summed E-state index contributed by atoms with van der Waals surface area (Å²) >= 11 is 0. The minimum atomic E-state index is -5.08. The minimum Gasteiger partial charge on any atom is -0.475 e. The Balaban J connectivity index is 0.00000115. The van der Waals surface area contributed by atoms with E-state index in [2.05, 4.69) is 105 Å². The number of aliphatic carboxylic acids is 1. The van der Waals surface area contributed by atoms with E-state index in [1.807, 2.05) is 24.5 Å². The number of halogens is 3. The monoisotopic (exact) mass is 800 g/mol. The summed E-state index contributed by atoms with van der Waals surface area (Å²) in [6.07, 6.45) is 7.01. The second kappa shape index (κ2) is 24.8. The van der Waals surface area contributed by atoms with Gasteiger partial charge in [-0.05, 0) is 58.7 Å². The van der Waals surface area contributed by atoms with E-state index in [1.165, 1.54) is 0 Å². The molecule has 0 saturated carbocycles. The van der Waals surface area contributed by atoms with Gasteiger partial charge in [0, 0.05) is 78.4 Å². The van der Waals surface area contributed by atoms with Crippen molar-refractivity contribution in [1.82, 2.24) is 9.97 Å². The van der Waals surface area contributed by atoms with Crippen molar-refractivity contribution in [2.75, 3.05) is 90.8 Å². The molecule has 0 aliphatic heterocycles. The number of aromatic nitrogens is 2. The molecule has 0 fully saturated rings. The van der Waals surface area contributed by atoms with Crippen molar-refractivity contribution in [3.63, 3.8) is 0 Å². The molecule has 4 aromatic rings. The number of pyridine rings is 2. The van der Waals surface area contributed by atoms with Crippen molar-refractivity contribution in [2.24, 2.45) is 0 Å². The molecule has 2 heterocycles. The Hall–Kier alpha value is -4.46. The Bertz CT molecular complexity index is 1560. The summed E-state index contributed by atoms with van der Waals surface area (Å²) in [6.45, 7) is 5.98. The fourth-order valence-corrected chi connectivity index (χ4v) is 4.83. The standard InChI is InChI=1S/C38H46N4O4.C2HF3O2.Zn/c1-43-25-21-41(22-26-44-2)35-15-9-31(10-16-35)5-7-33-13-19-37(39-29-33)38-20-14-34(30-40-38)8-6-32-11-17-36(18-12-32)42(23-27-45-3)24-28-46-4;3-2(4,5)1(6)7;/h5-20,29-30H,21-28H2,1-4H3;(H,6,7);/q;;+2/b7-5+,8-6+;;. The second-order valence-electron chi connectivity index (χ2n) is 11.6. The number of carboxylic acid groups (broad SMARTS) is 1. The Morgan fingerprint density at radius 1 is 0.574 bits per heavy atom. The van der Waals surface area contributed by atoms with Crippen LogP contribution in [0.15, 0.2) is 85.2 Å². The Morgan fingerprint density at radius 3 is 1.09 bits per heavy atom. The van der Waals surface area contributed by atoms with Crippen molar-refractivity contribution in [2.45, 2.75) is 6.18 Å². The minimum absolute atomic E-state index is 0. The van der Waals surface area contributed by atoms with Gasteiger partial charge in [0.05, 0.1) is 37.8 Å². The van der Waals surface area contributed by atoms with E-state index in [4.69, 9.17) is 28.8 Å². The molecule has 0 aliphatic carbocycles. The third kappa shape index (κ3) is 16.3. The maximum absolute atomic E-state index is 10.6. The molecule has 1 N–H and O–H groups in total. The molecule has 54 heavy (non-hydrogen) atoms. The van der Waals surface area contributed by atoms with Gasteiger partial charge in [0.25, 0.3) is 0 Å². The number of ether oxygens (including phenoxy) is 4. The largest absolute Gasteiger partial charge is 2.00 e. The Morgan fingerprint density at radius 2 is 0.852 bits per heavy atom. The van der Waals surface area contributed by atoms with Crippen molar-refractivity contribution in [3.05, 3.63) is 107 Å². The SMILES string of the molecule is COCCN(CCOC)c1ccc(/C=C/c2ccc(-c3ccc(/C=C/c4ccc(N(CCOC)CCOC)cc4)cn3)nc2)cc1.O=C(O)C(F)(F)F.[Zn+2]. The van der Waals surface area contributed by atoms with Crippen LogP contribution < -0.4 is 9.80 Å². The van der Waals surface area contributed by atoms with Crippen LogP contribution in [0.2, 0.25) is 0 Å². The average Bonchev–Trinajstić information content (AvgIpc) is 3.17. The molecule has 0 radical (unpaired) electrons. The fourth-order valence-electron chi connectivity index (χ4n) is 4.83. The van der Waals surface area contributed by atoms with Gasteiger partial charge in [-0.3, -0.25) is 9.97 Å². The van der Waals surface area contributed by atoms with Crippen LogP contribution in [0.1, 0.15) is 22.3 Å². The number of rotatable bonds is 19. The number of hydrogen-bond acceptors (Lipinski definition) is 9. The number of benzene rings is 2. The van der Waals surface area contributed by atoms with Crippen LogP contribution in [0.4, 0.5) is 24.5 Å².